The highest BCUT2D eigenvalue weighted by Gasteiger charge is 2.21. The molecule has 2 rings (SSSR count). The van der Waals surface area contributed by atoms with Crippen LogP contribution in [0, 0.1) is 11.7 Å². The zero-order valence-electron chi connectivity index (χ0n) is 13.6. The molecule has 0 atom stereocenters. The van der Waals surface area contributed by atoms with Gasteiger partial charge in [0, 0.05) is 10.4 Å². The van der Waals surface area contributed by atoms with Gasteiger partial charge in [-0.05, 0) is 31.0 Å². The van der Waals surface area contributed by atoms with Gasteiger partial charge in [-0.2, -0.15) is 0 Å². The molecule has 1 fully saturated rings. The third-order valence-corrected chi connectivity index (χ3v) is 4.45. The summed E-state index contributed by atoms with van der Waals surface area (Å²) < 4.78 is 18.9. The topological polar surface area (TPSA) is 84.5 Å². The van der Waals surface area contributed by atoms with Crippen LogP contribution in [0.2, 0.25) is 0 Å². The van der Waals surface area contributed by atoms with E-state index in [1.165, 1.54) is 12.1 Å². The van der Waals surface area contributed by atoms with Crippen LogP contribution in [0.25, 0.3) is 0 Å². The normalized spacial score (nSPS) is 14.6. The Balaban J connectivity index is 1.68. The van der Waals surface area contributed by atoms with Crippen molar-refractivity contribution in [1.82, 2.24) is 5.32 Å². The standard InChI is InChI=1S/C17H20BrFN2O4/c18-12-6-7-14(13(19)8-12)21-15(22)10-25-16(23)9-20-17(24)11-4-2-1-3-5-11/h6-8,11H,1-5,9-10H2,(H,20,24)(H,21,22). The highest BCUT2D eigenvalue weighted by Crippen LogP contribution is 2.23. The smallest absolute Gasteiger partial charge is 0.325 e. The van der Waals surface area contributed by atoms with Gasteiger partial charge in [0.15, 0.2) is 6.61 Å². The number of benzene rings is 1. The lowest BCUT2D eigenvalue weighted by atomic mass is 9.89. The zero-order valence-corrected chi connectivity index (χ0v) is 15.2. The average molecular weight is 415 g/mol. The molecule has 1 aliphatic rings. The van der Waals surface area contributed by atoms with E-state index >= 15 is 0 Å². The minimum Gasteiger partial charge on any atom is -0.454 e. The predicted octanol–water partition coefficient (Wildman–Crippen LogP) is 2.77. The van der Waals surface area contributed by atoms with Crippen molar-refractivity contribution in [2.45, 2.75) is 32.1 Å². The average Bonchev–Trinajstić information content (AvgIpc) is 2.61. The van der Waals surface area contributed by atoms with E-state index in [1.807, 2.05) is 0 Å². The second-order valence-electron chi connectivity index (χ2n) is 5.89. The SMILES string of the molecule is O=C(COC(=O)CNC(=O)C1CCCCC1)Nc1ccc(Br)cc1F. The molecule has 0 aromatic heterocycles. The zero-order chi connectivity index (χ0) is 18.2. The van der Waals surface area contributed by atoms with E-state index in [1.54, 1.807) is 6.07 Å². The summed E-state index contributed by atoms with van der Waals surface area (Å²) in [6.07, 6.45) is 4.86. The minimum atomic E-state index is -0.712. The van der Waals surface area contributed by atoms with Crippen LogP contribution in [0.3, 0.4) is 0 Å². The number of hydrogen-bond acceptors (Lipinski definition) is 4. The van der Waals surface area contributed by atoms with Crippen LogP contribution >= 0.6 is 15.9 Å². The number of halogens is 2. The van der Waals surface area contributed by atoms with Crippen LogP contribution in [-0.2, 0) is 19.1 Å². The summed E-state index contributed by atoms with van der Waals surface area (Å²) in [5.41, 5.74) is -0.00477. The first-order valence-electron chi connectivity index (χ1n) is 8.14. The molecule has 6 nitrogen and oxygen atoms in total. The molecule has 2 N–H and O–H groups in total. The number of carbonyl (C=O) groups excluding carboxylic acids is 3. The fourth-order valence-corrected chi connectivity index (χ4v) is 2.98. The summed E-state index contributed by atoms with van der Waals surface area (Å²) in [4.78, 5) is 35.2. The Bertz CT molecular complexity index is 648. The van der Waals surface area contributed by atoms with E-state index in [0.29, 0.717) is 4.47 Å². The van der Waals surface area contributed by atoms with Crippen molar-refractivity contribution in [2.75, 3.05) is 18.5 Å². The second kappa shape index (κ2) is 9.50. The van der Waals surface area contributed by atoms with Crippen LogP contribution in [0.5, 0.6) is 0 Å². The van der Waals surface area contributed by atoms with E-state index in [0.717, 1.165) is 32.1 Å². The van der Waals surface area contributed by atoms with Gasteiger partial charge in [0.25, 0.3) is 5.91 Å². The Morgan fingerprint density at radius 3 is 2.60 bits per heavy atom. The molecular formula is C17H20BrFN2O4. The first-order chi connectivity index (χ1) is 12.0. The Morgan fingerprint density at radius 2 is 1.92 bits per heavy atom. The number of carbonyl (C=O) groups is 3. The Kier molecular flexibility index (Phi) is 7.36. The molecule has 0 heterocycles. The molecule has 0 radical (unpaired) electrons. The van der Waals surface area contributed by atoms with Gasteiger partial charge < -0.3 is 15.4 Å². The largest absolute Gasteiger partial charge is 0.454 e. The second-order valence-corrected chi connectivity index (χ2v) is 6.80. The van der Waals surface area contributed by atoms with Crippen molar-refractivity contribution in [3.63, 3.8) is 0 Å². The van der Waals surface area contributed by atoms with E-state index in [-0.39, 0.29) is 24.1 Å². The van der Waals surface area contributed by atoms with Gasteiger partial charge in [0.05, 0.1) is 5.69 Å². The van der Waals surface area contributed by atoms with Crippen molar-refractivity contribution < 1.29 is 23.5 Å². The Hall–Kier alpha value is -1.96. The van der Waals surface area contributed by atoms with Crippen LogP contribution in [0.15, 0.2) is 22.7 Å². The molecular weight excluding hydrogens is 395 g/mol. The molecule has 1 saturated carbocycles. The lowest BCUT2D eigenvalue weighted by molar-refractivity contribution is -0.147. The number of nitrogens with one attached hydrogen (secondary N) is 2. The molecule has 2 amide bonds. The van der Waals surface area contributed by atoms with Gasteiger partial charge in [0.2, 0.25) is 5.91 Å². The first-order valence-corrected chi connectivity index (χ1v) is 8.93. The van der Waals surface area contributed by atoms with Crippen molar-refractivity contribution in [2.24, 2.45) is 5.92 Å². The predicted molar refractivity (Wildman–Crippen MR) is 93.3 cm³/mol. The fraction of sp³-hybridized carbons (Fsp3) is 0.471. The van der Waals surface area contributed by atoms with Gasteiger partial charge in [0.1, 0.15) is 12.4 Å². The molecule has 0 unspecified atom stereocenters. The van der Waals surface area contributed by atoms with E-state index in [9.17, 15) is 18.8 Å². The summed E-state index contributed by atoms with van der Waals surface area (Å²) in [6.45, 7) is -0.830. The van der Waals surface area contributed by atoms with Crippen molar-refractivity contribution in [3.8, 4) is 0 Å². The fourth-order valence-electron chi connectivity index (χ4n) is 2.64. The number of anilines is 1. The van der Waals surface area contributed by atoms with Crippen LogP contribution in [-0.4, -0.2) is 30.9 Å². The quantitative estimate of drug-likeness (QED) is 0.700. The summed E-state index contributed by atoms with van der Waals surface area (Å²) in [7, 11) is 0. The summed E-state index contributed by atoms with van der Waals surface area (Å²) >= 11 is 3.11. The van der Waals surface area contributed by atoms with E-state index in [4.69, 9.17) is 4.74 Å². The number of hydrogen-bond donors (Lipinski definition) is 2. The molecule has 25 heavy (non-hydrogen) atoms. The molecule has 1 aromatic carbocycles. The van der Waals surface area contributed by atoms with Crippen molar-refractivity contribution in [1.29, 1.82) is 0 Å². The molecule has 8 heteroatoms. The van der Waals surface area contributed by atoms with Gasteiger partial charge >= 0.3 is 5.97 Å². The monoisotopic (exact) mass is 414 g/mol. The summed E-state index contributed by atoms with van der Waals surface area (Å²) in [5, 5.41) is 4.84. The van der Waals surface area contributed by atoms with Gasteiger partial charge in [-0.3, -0.25) is 14.4 Å². The van der Waals surface area contributed by atoms with Crippen LogP contribution in [0.1, 0.15) is 32.1 Å². The number of rotatable bonds is 6. The third kappa shape index (κ3) is 6.45. The summed E-state index contributed by atoms with van der Waals surface area (Å²) in [5.74, 6) is -2.18. The molecule has 0 aliphatic heterocycles. The molecule has 0 spiro atoms. The van der Waals surface area contributed by atoms with Crippen LogP contribution < -0.4 is 10.6 Å². The van der Waals surface area contributed by atoms with Gasteiger partial charge in [-0.25, -0.2) is 4.39 Å². The third-order valence-electron chi connectivity index (χ3n) is 3.95. The van der Waals surface area contributed by atoms with Crippen molar-refractivity contribution >= 4 is 39.4 Å². The van der Waals surface area contributed by atoms with Crippen LogP contribution in [0.4, 0.5) is 10.1 Å². The first kappa shape index (κ1) is 19.4. The lowest BCUT2D eigenvalue weighted by Crippen LogP contribution is -2.36. The number of ether oxygens (including phenoxy) is 1. The maximum atomic E-state index is 13.6. The number of amides is 2. The van der Waals surface area contributed by atoms with E-state index in [2.05, 4.69) is 26.6 Å². The highest BCUT2D eigenvalue weighted by molar-refractivity contribution is 9.10. The maximum Gasteiger partial charge on any atom is 0.325 e. The van der Waals surface area contributed by atoms with Gasteiger partial charge in [-0.15, -0.1) is 0 Å². The lowest BCUT2D eigenvalue weighted by Gasteiger charge is -2.20. The molecule has 1 aromatic rings. The van der Waals surface area contributed by atoms with Gasteiger partial charge in [-0.1, -0.05) is 35.2 Å². The van der Waals surface area contributed by atoms with E-state index < -0.39 is 24.3 Å². The highest BCUT2D eigenvalue weighted by atomic mass is 79.9. The Labute approximate surface area is 153 Å². The molecule has 1 aliphatic carbocycles. The maximum absolute atomic E-state index is 13.6. The molecule has 0 bridgehead atoms. The minimum absolute atomic E-state index is 0.00477. The molecule has 136 valence electrons. The van der Waals surface area contributed by atoms with Crippen molar-refractivity contribution in [3.05, 3.63) is 28.5 Å². The molecule has 0 saturated heterocycles. The Morgan fingerprint density at radius 1 is 1.20 bits per heavy atom. The number of esters is 1. The summed E-state index contributed by atoms with van der Waals surface area (Å²) in [6, 6.07) is 4.18.